The Kier molecular flexibility index (Phi) is 4.22. The first-order valence-electron chi connectivity index (χ1n) is 8.12. The van der Waals surface area contributed by atoms with Crippen LogP contribution >= 0.6 is 0 Å². The quantitative estimate of drug-likeness (QED) is 0.824. The van der Waals surface area contributed by atoms with Gasteiger partial charge in [-0.15, -0.1) is 0 Å². The van der Waals surface area contributed by atoms with Crippen LogP contribution in [0.25, 0.3) is 0 Å². The van der Waals surface area contributed by atoms with E-state index >= 15 is 0 Å². The zero-order valence-electron chi connectivity index (χ0n) is 12.2. The summed E-state index contributed by atoms with van der Waals surface area (Å²) in [6, 6.07) is 9.68. The second-order valence-electron chi connectivity index (χ2n) is 6.62. The van der Waals surface area contributed by atoms with E-state index in [0.717, 1.165) is 17.9 Å². The fourth-order valence-corrected chi connectivity index (χ4v) is 3.87. The maximum Gasteiger partial charge on any atom is 0.00787 e. The first-order chi connectivity index (χ1) is 9.33. The number of rotatable bonds is 5. The Hall–Kier alpha value is -0.820. The first-order valence-corrected chi connectivity index (χ1v) is 8.12. The van der Waals surface area contributed by atoms with Crippen LogP contribution in [-0.4, -0.2) is 12.6 Å². The Morgan fingerprint density at radius 2 is 1.84 bits per heavy atom. The van der Waals surface area contributed by atoms with Gasteiger partial charge in [-0.2, -0.15) is 0 Å². The molecule has 0 bridgehead atoms. The molecule has 2 aliphatic carbocycles. The fourth-order valence-electron chi connectivity index (χ4n) is 3.87. The Morgan fingerprint density at radius 3 is 2.58 bits per heavy atom. The van der Waals surface area contributed by atoms with Crippen molar-refractivity contribution in [1.82, 2.24) is 5.32 Å². The van der Waals surface area contributed by atoms with Gasteiger partial charge in [0.1, 0.15) is 0 Å². The lowest BCUT2D eigenvalue weighted by molar-refractivity contribution is 0.283. The van der Waals surface area contributed by atoms with E-state index in [1.54, 1.807) is 5.56 Å². The number of aryl methyl sites for hydroxylation is 1. The minimum absolute atomic E-state index is 0.783. The molecule has 2 fully saturated rings. The van der Waals surface area contributed by atoms with Crippen LogP contribution in [0.15, 0.2) is 24.3 Å². The third kappa shape index (κ3) is 3.20. The van der Waals surface area contributed by atoms with E-state index in [0.29, 0.717) is 0 Å². The van der Waals surface area contributed by atoms with Crippen molar-refractivity contribution in [2.45, 2.75) is 63.8 Å². The molecular formula is C18H27N. The van der Waals surface area contributed by atoms with Gasteiger partial charge in [0.15, 0.2) is 0 Å². The topological polar surface area (TPSA) is 12.0 Å². The predicted molar refractivity (Wildman–Crippen MR) is 81.5 cm³/mol. The largest absolute Gasteiger partial charge is 0.314 e. The second kappa shape index (κ2) is 6.09. The van der Waals surface area contributed by atoms with Crippen LogP contribution < -0.4 is 5.32 Å². The van der Waals surface area contributed by atoms with Gasteiger partial charge in [-0.05, 0) is 55.7 Å². The molecular weight excluding hydrogens is 230 g/mol. The molecule has 1 aromatic carbocycles. The average Bonchev–Trinajstić information content (AvgIpc) is 2.87. The number of nitrogens with one attached hydrogen (secondary N) is 1. The van der Waals surface area contributed by atoms with Crippen LogP contribution in [0.2, 0.25) is 0 Å². The Labute approximate surface area is 117 Å². The summed E-state index contributed by atoms with van der Waals surface area (Å²) in [4.78, 5) is 0. The summed E-state index contributed by atoms with van der Waals surface area (Å²) >= 11 is 0. The molecule has 104 valence electrons. The highest BCUT2D eigenvalue weighted by atomic mass is 14.9. The molecule has 0 amide bonds. The van der Waals surface area contributed by atoms with E-state index in [4.69, 9.17) is 0 Å². The molecule has 0 radical (unpaired) electrons. The van der Waals surface area contributed by atoms with Gasteiger partial charge in [-0.1, -0.05) is 49.9 Å². The molecule has 0 aliphatic heterocycles. The summed E-state index contributed by atoms with van der Waals surface area (Å²) in [7, 11) is 0. The van der Waals surface area contributed by atoms with Crippen LogP contribution in [0, 0.1) is 12.8 Å². The van der Waals surface area contributed by atoms with Crippen molar-refractivity contribution < 1.29 is 0 Å². The Balaban J connectivity index is 1.37. The lowest BCUT2D eigenvalue weighted by atomic mass is 9.74. The highest BCUT2D eigenvalue weighted by Crippen LogP contribution is 2.38. The maximum absolute atomic E-state index is 3.77. The summed E-state index contributed by atoms with van der Waals surface area (Å²) < 4.78 is 0. The van der Waals surface area contributed by atoms with Crippen LogP contribution in [0.5, 0.6) is 0 Å². The molecule has 0 atom stereocenters. The van der Waals surface area contributed by atoms with Gasteiger partial charge >= 0.3 is 0 Å². The van der Waals surface area contributed by atoms with Crippen molar-refractivity contribution in [1.29, 1.82) is 0 Å². The zero-order valence-corrected chi connectivity index (χ0v) is 12.2. The van der Waals surface area contributed by atoms with Gasteiger partial charge in [0.25, 0.3) is 0 Å². The standard InChI is InChI=1S/C18H27N/c1-14-6-2-5-9-18(14)16-12-17(13-16)19-11-10-15-7-3-4-8-15/h2,5-6,9,15-17,19H,3-4,7-8,10-13H2,1H3. The van der Waals surface area contributed by atoms with Gasteiger partial charge in [-0.3, -0.25) is 0 Å². The van der Waals surface area contributed by atoms with Crippen molar-refractivity contribution in [3.05, 3.63) is 35.4 Å². The molecule has 0 spiro atoms. The summed E-state index contributed by atoms with van der Waals surface area (Å²) in [5.41, 5.74) is 3.05. The predicted octanol–water partition coefficient (Wildman–Crippen LogP) is 4.41. The SMILES string of the molecule is Cc1ccccc1C1CC(NCCC2CCCC2)C1. The monoisotopic (exact) mass is 257 g/mol. The Morgan fingerprint density at radius 1 is 1.11 bits per heavy atom. The maximum atomic E-state index is 3.77. The third-order valence-corrected chi connectivity index (χ3v) is 5.23. The molecule has 2 saturated carbocycles. The van der Waals surface area contributed by atoms with Crippen molar-refractivity contribution in [2.75, 3.05) is 6.54 Å². The number of hydrogen-bond acceptors (Lipinski definition) is 1. The molecule has 1 heteroatoms. The van der Waals surface area contributed by atoms with Crippen LogP contribution in [0.3, 0.4) is 0 Å². The molecule has 0 saturated heterocycles. The molecule has 19 heavy (non-hydrogen) atoms. The van der Waals surface area contributed by atoms with Gasteiger partial charge < -0.3 is 5.32 Å². The highest BCUT2D eigenvalue weighted by Gasteiger charge is 2.30. The van der Waals surface area contributed by atoms with Crippen LogP contribution in [0.4, 0.5) is 0 Å². The lowest BCUT2D eigenvalue weighted by Crippen LogP contribution is -2.41. The Bertz CT molecular complexity index is 400. The van der Waals surface area contributed by atoms with Gasteiger partial charge in [-0.25, -0.2) is 0 Å². The van der Waals surface area contributed by atoms with Crippen molar-refractivity contribution in [3.8, 4) is 0 Å². The van der Waals surface area contributed by atoms with E-state index in [9.17, 15) is 0 Å². The van der Waals surface area contributed by atoms with Gasteiger partial charge in [0.05, 0.1) is 0 Å². The molecule has 1 nitrogen and oxygen atoms in total. The van der Waals surface area contributed by atoms with E-state index in [-0.39, 0.29) is 0 Å². The highest BCUT2D eigenvalue weighted by molar-refractivity contribution is 5.31. The smallest absolute Gasteiger partial charge is 0.00787 e. The van der Waals surface area contributed by atoms with E-state index < -0.39 is 0 Å². The third-order valence-electron chi connectivity index (χ3n) is 5.23. The van der Waals surface area contributed by atoms with E-state index in [1.807, 2.05) is 0 Å². The fraction of sp³-hybridized carbons (Fsp3) is 0.667. The first kappa shape index (κ1) is 13.2. The summed E-state index contributed by atoms with van der Waals surface area (Å²) in [6.07, 6.45) is 10.0. The number of benzene rings is 1. The molecule has 0 unspecified atom stereocenters. The zero-order chi connectivity index (χ0) is 13.1. The normalized spacial score (nSPS) is 27.4. The van der Waals surface area contributed by atoms with Crippen molar-refractivity contribution in [2.24, 2.45) is 5.92 Å². The molecule has 3 rings (SSSR count). The van der Waals surface area contributed by atoms with Crippen LogP contribution in [-0.2, 0) is 0 Å². The molecule has 0 heterocycles. The van der Waals surface area contributed by atoms with E-state index in [1.165, 1.54) is 57.1 Å². The van der Waals surface area contributed by atoms with Crippen molar-refractivity contribution >= 4 is 0 Å². The summed E-state index contributed by atoms with van der Waals surface area (Å²) in [5.74, 6) is 1.84. The molecule has 1 aromatic rings. The summed E-state index contributed by atoms with van der Waals surface area (Å²) in [6.45, 7) is 3.49. The van der Waals surface area contributed by atoms with Crippen molar-refractivity contribution in [3.63, 3.8) is 0 Å². The minimum atomic E-state index is 0.783. The minimum Gasteiger partial charge on any atom is -0.314 e. The number of hydrogen-bond donors (Lipinski definition) is 1. The lowest BCUT2D eigenvalue weighted by Gasteiger charge is -2.37. The van der Waals surface area contributed by atoms with Gasteiger partial charge in [0, 0.05) is 6.04 Å². The van der Waals surface area contributed by atoms with E-state index in [2.05, 4.69) is 36.5 Å². The molecule has 0 aromatic heterocycles. The molecule has 2 aliphatic rings. The second-order valence-corrected chi connectivity index (χ2v) is 6.62. The average molecular weight is 257 g/mol. The molecule has 1 N–H and O–H groups in total. The summed E-state index contributed by atoms with van der Waals surface area (Å²) in [5, 5.41) is 3.77. The van der Waals surface area contributed by atoms with Crippen LogP contribution in [0.1, 0.15) is 62.0 Å². The van der Waals surface area contributed by atoms with Gasteiger partial charge in [0.2, 0.25) is 0 Å².